The summed E-state index contributed by atoms with van der Waals surface area (Å²) >= 11 is 0. The maximum Gasteiger partial charge on any atom is 0.145 e. The number of aryl methyl sites for hydroxylation is 1. The lowest BCUT2D eigenvalue weighted by atomic mass is 10.0. The number of pyridine rings is 1. The molecule has 114 valence electrons. The van der Waals surface area contributed by atoms with E-state index in [2.05, 4.69) is 54.0 Å². The van der Waals surface area contributed by atoms with Crippen molar-refractivity contribution in [1.29, 1.82) is 0 Å². The molecule has 23 heavy (non-hydrogen) atoms. The predicted octanol–water partition coefficient (Wildman–Crippen LogP) is 5.67. The standard InChI is InChI=1S/C21H20N2/c1-5-8-13-19-15(4)22-21-18(11-6-2)16(7-3)17-12-9-10-14-20(17)23(19)21/h5-14H,1,3H2,2,4H3/b11-6-,13-8-. The van der Waals surface area contributed by atoms with E-state index in [9.17, 15) is 0 Å². The Hall–Kier alpha value is -2.87. The van der Waals surface area contributed by atoms with Gasteiger partial charge in [-0.05, 0) is 31.6 Å². The lowest BCUT2D eigenvalue weighted by Crippen LogP contribution is -1.97. The number of rotatable bonds is 4. The molecule has 2 heteroatoms. The molecule has 0 atom stereocenters. The normalized spacial score (nSPS) is 11.9. The van der Waals surface area contributed by atoms with Crippen molar-refractivity contribution < 1.29 is 0 Å². The SMILES string of the molecule is C=C/C=C\c1c(C)nc2c(/C=C\C)c(C=C)c3ccccc3n12. The fraction of sp³-hybridized carbons (Fsp3) is 0.0952. The summed E-state index contributed by atoms with van der Waals surface area (Å²) in [5.41, 5.74) is 6.39. The van der Waals surface area contributed by atoms with Crippen LogP contribution in [0.2, 0.25) is 0 Å². The zero-order chi connectivity index (χ0) is 16.4. The summed E-state index contributed by atoms with van der Waals surface area (Å²) in [4.78, 5) is 4.82. The number of para-hydroxylation sites is 1. The fourth-order valence-electron chi connectivity index (χ4n) is 3.03. The van der Waals surface area contributed by atoms with Crippen LogP contribution in [0.1, 0.15) is 29.4 Å². The maximum atomic E-state index is 4.82. The molecule has 0 unspecified atom stereocenters. The minimum absolute atomic E-state index is 0.956. The van der Waals surface area contributed by atoms with Crippen LogP contribution in [0.5, 0.6) is 0 Å². The second-order valence-electron chi connectivity index (χ2n) is 5.38. The first-order valence-electron chi connectivity index (χ1n) is 7.71. The minimum atomic E-state index is 0.956. The summed E-state index contributed by atoms with van der Waals surface area (Å²) in [6.07, 6.45) is 11.9. The van der Waals surface area contributed by atoms with Crippen molar-refractivity contribution in [2.75, 3.05) is 0 Å². The van der Waals surface area contributed by atoms with E-state index in [0.717, 1.165) is 33.7 Å². The van der Waals surface area contributed by atoms with Crippen molar-refractivity contribution in [3.8, 4) is 0 Å². The Morgan fingerprint density at radius 1 is 1.09 bits per heavy atom. The molecule has 0 aliphatic rings. The van der Waals surface area contributed by atoms with Gasteiger partial charge in [0.15, 0.2) is 0 Å². The first-order valence-corrected chi connectivity index (χ1v) is 7.71. The average molecular weight is 300 g/mol. The van der Waals surface area contributed by atoms with Gasteiger partial charge in [-0.1, -0.05) is 61.7 Å². The monoisotopic (exact) mass is 300 g/mol. The van der Waals surface area contributed by atoms with Crippen LogP contribution in [-0.4, -0.2) is 9.38 Å². The van der Waals surface area contributed by atoms with Crippen molar-refractivity contribution >= 4 is 34.8 Å². The van der Waals surface area contributed by atoms with Crippen molar-refractivity contribution in [1.82, 2.24) is 9.38 Å². The van der Waals surface area contributed by atoms with Gasteiger partial charge in [0, 0.05) is 10.9 Å². The van der Waals surface area contributed by atoms with Crippen LogP contribution in [0.25, 0.3) is 34.8 Å². The number of nitrogens with zero attached hydrogens (tertiary/aromatic N) is 2. The first kappa shape index (κ1) is 15.0. The van der Waals surface area contributed by atoms with E-state index >= 15 is 0 Å². The van der Waals surface area contributed by atoms with Gasteiger partial charge in [-0.3, -0.25) is 4.40 Å². The number of imidazole rings is 1. The molecule has 2 heterocycles. The maximum absolute atomic E-state index is 4.82. The molecule has 0 N–H and O–H groups in total. The molecule has 0 aliphatic carbocycles. The Bertz CT molecular complexity index is 969. The third-order valence-corrected chi connectivity index (χ3v) is 3.99. The van der Waals surface area contributed by atoms with Crippen LogP contribution in [0.3, 0.4) is 0 Å². The van der Waals surface area contributed by atoms with Gasteiger partial charge in [0.2, 0.25) is 0 Å². The van der Waals surface area contributed by atoms with E-state index in [-0.39, 0.29) is 0 Å². The van der Waals surface area contributed by atoms with Gasteiger partial charge >= 0.3 is 0 Å². The summed E-state index contributed by atoms with van der Waals surface area (Å²) in [7, 11) is 0. The lowest BCUT2D eigenvalue weighted by Gasteiger charge is -2.12. The number of aromatic nitrogens is 2. The van der Waals surface area contributed by atoms with Crippen LogP contribution in [0, 0.1) is 6.92 Å². The van der Waals surface area contributed by atoms with Gasteiger partial charge in [-0.2, -0.15) is 0 Å². The molecule has 3 aromatic rings. The summed E-state index contributed by atoms with van der Waals surface area (Å²) in [6.45, 7) is 11.8. The van der Waals surface area contributed by atoms with E-state index in [1.165, 1.54) is 5.39 Å². The van der Waals surface area contributed by atoms with Crippen LogP contribution >= 0.6 is 0 Å². The second-order valence-corrected chi connectivity index (χ2v) is 5.38. The summed E-state index contributed by atoms with van der Waals surface area (Å²) in [5, 5.41) is 1.17. The third kappa shape index (κ3) is 2.33. The van der Waals surface area contributed by atoms with E-state index in [1.807, 2.05) is 32.1 Å². The van der Waals surface area contributed by atoms with Gasteiger partial charge < -0.3 is 0 Å². The Morgan fingerprint density at radius 2 is 1.87 bits per heavy atom. The van der Waals surface area contributed by atoms with Gasteiger partial charge in [-0.15, -0.1) is 0 Å². The molecule has 0 aliphatic heterocycles. The number of hydrogen-bond acceptors (Lipinski definition) is 1. The Morgan fingerprint density at radius 3 is 2.57 bits per heavy atom. The van der Waals surface area contributed by atoms with Crippen molar-refractivity contribution in [2.45, 2.75) is 13.8 Å². The van der Waals surface area contributed by atoms with Crippen LogP contribution < -0.4 is 0 Å². The molecule has 0 amide bonds. The number of allylic oxidation sites excluding steroid dienone is 3. The highest BCUT2D eigenvalue weighted by Gasteiger charge is 2.16. The second kappa shape index (κ2) is 6.09. The molecular weight excluding hydrogens is 280 g/mol. The van der Waals surface area contributed by atoms with E-state index < -0.39 is 0 Å². The molecular formula is C21H20N2. The van der Waals surface area contributed by atoms with Gasteiger partial charge in [-0.25, -0.2) is 4.98 Å². The largest absolute Gasteiger partial charge is 0.292 e. The molecule has 0 bridgehead atoms. The van der Waals surface area contributed by atoms with Gasteiger partial charge in [0.05, 0.1) is 16.9 Å². The van der Waals surface area contributed by atoms with Gasteiger partial charge in [0.1, 0.15) is 5.65 Å². The highest BCUT2D eigenvalue weighted by Crippen LogP contribution is 2.31. The van der Waals surface area contributed by atoms with E-state index in [1.54, 1.807) is 6.08 Å². The molecule has 2 aromatic heterocycles. The molecule has 1 aromatic carbocycles. The van der Waals surface area contributed by atoms with Gasteiger partial charge in [0.25, 0.3) is 0 Å². The Labute approximate surface area is 136 Å². The first-order chi connectivity index (χ1) is 11.2. The zero-order valence-electron chi connectivity index (χ0n) is 13.6. The lowest BCUT2D eigenvalue weighted by molar-refractivity contribution is 1.22. The van der Waals surface area contributed by atoms with Crippen LogP contribution in [0.15, 0.2) is 55.7 Å². The summed E-state index contributed by atoms with van der Waals surface area (Å²) in [6, 6.07) is 8.38. The van der Waals surface area contributed by atoms with E-state index in [4.69, 9.17) is 4.98 Å². The molecule has 2 nitrogen and oxygen atoms in total. The van der Waals surface area contributed by atoms with Crippen molar-refractivity contribution in [3.63, 3.8) is 0 Å². The van der Waals surface area contributed by atoms with Crippen molar-refractivity contribution in [3.05, 3.63) is 78.2 Å². The highest BCUT2D eigenvalue weighted by molar-refractivity contribution is 5.97. The number of fused-ring (bicyclic) bond motifs is 3. The third-order valence-electron chi connectivity index (χ3n) is 3.99. The van der Waals surface area contributed by atoms with E-state index in [0.29, 0.717) is 0 Å². The fourth-order valence-corrected chi connectivity index (χ4v) is 3.03. The zero-order valence-corrected chi connectivity index (χ0v) is 13.6. The van der Waals surface area contributed by atoms with Crippen LogP contribution in [0.4, 0.5) is 0 Å². The minimum Gasteiger partial charge on any atom is -0.292 e. The molecule has 0 saturated heterocycles. The topological polar surface area (TPSA) is 17.3 Å². The highest BCUT2D eigenvalue weighted by atomic mass is 15.0. The summed E-state index contributed by atoms with van der Waals surface area (Å²) in [5.74, 6) is 0. The summed E-state index contributed by atoms with van der Waals surface area (Å²) < 4.78 is 2.22. The van der Waals surface area contributed by atoms with Crippen molar-refractivity contribution in [2.24, 2.45) is 0 Å². The smallest absolute Gasteiger partial charge is 0.145 e. The average Bonchev–Trinajstić information content (AvgIpc) is 2.90. The molecule has 0 saturated carbocycles. The molecule has 3 rings (SSSR count). The Balaban J connectivity index is 2.61. The quantitative estimate of drug-likeness (QED) is 0.567. The van der Waals surface area contributed by atoms with Crippen LogP contribution in [-0.2, 0) is 0 Å². The Kier molecular flexibility index (Phi) is 3.98. The molecule has 0 spiro atoms. The number of hydrogen-bond donors (Lipinski definition) is 0. The molecule has 0 fully saturated rings. The molecule has 0 radical (unpaired) electrons. The number of benzene rings is 1. The predicted molar refractivity (Wildman–Crippen MR) is 101 cm³/mol.